The average Bonchev–Trinajstić information content (AvgIpc) is 2.96. The molecule has 1 aromatic heterocycles. The summed E-state index contributed by atoms with van der Waals surface area (Å²) in [5.41, 5.74) is 0. The topological polar surface area (TPSA) is 61.4 Å². The lowest BCUT2D eigenvalue weighted by Crippen LogP contribution is -2.50. The maximum Gasteiger partial charge on any atom is 0.234 e. The number of anilines is 1. The molecule has 1 aromatic rings. The lowest BCUT2D eigenvalue weighted by molar-refractivity contribution is -0.122. The van der Waals surface area contributed by atoms with Gasteiger partial charge in [0.15, 0.2) is 0 Å². The van der Waals surface area contributed by atoms with Crippen molar-refractivity contribution in [3.8, 4) is 0 Å². The molecule has 0 bridgehead atoms. The van der Waals surface area contributed by atoms with E-state index in [-0.39, 0.29) is 11.9 Å². The first-order valence-corrected chi connectivity index (χ1v) is 8.49. The number of amides is 1. The van der Waals surface area contributed by atoms with Gasteiger partial charge >= 0.3 is 0 Å². The summed E-state index contributed by atoms with van der Waals surface area (Å²) in [6, 6.07) is 0.257. The predicted molar refractivity (Wildman–Crippen MR) is 85.8 cm³/mol. The van der Waals surface area contributed by atoms with Crippen LogP contribution in [0.1, 0.15) is 33.0 Å². The Morgan fingerprint density at radius 1 is 1.33 bits per heavy atom. The highest BCUT2D eigenvalue weighted by Crippen LogP contribution is 2.19. The number of nitrogens with one attached hydrogen (secondary N) is 1. The van der Waals surface area contributed by atoms with Crippen LogP contribution in [0.2, 0.25) is 0 Å². The van der Waals surface area contributed by atoms with Crippen LogP contribution in [0.25, 0.3) is 0 Å². The average molecular weight is 311 g/mol. The van der Waals surface area contributed by atoms with E-state index in [1.54, 1.807) is 0 Å². The molecule has 0 aliphatic carbocycles. The minimum Gasteiger partial charge on any atom is -0.353 e. The van der Waals surface area contributed by atoms with E-state index in [0.717, 1.165) is 50.0 Å². The largest absolute Gasteiger partial charge is 0.353 e. The zero-order valence-electron chi connectivity index (χ0n) is 13.1. The number of piperazine rings is 1. The lowest BCUT2D eigenvalue weighted by Gasteiger charge is -2.34. The molecule has 7 heteroatoms. The Morgan fingerprint density at radius 3 is 2.62 bits per heavy atom. The number of carbonyl (C=O) groups excluding carboxylic acids is 1. The number of aryl methyl sites for hydroxylation is 1. The second-order valence-electron chi connectivity index (χ2n) is 5.49. The molecule has 0 saturated carbocycles. The van der Waals surface area contributed by atoms with Crippen molar-refractivity contribution in [1.82, 2.24) is 19.6 Å². The van der Waals surface area contributed by atoms with E-state index in [9.17, 15) is 4.79 Å². The quantitative estimate of drug-likeness (QED) is 0.853. The van der Waals surface area contributed by atoms with E-state index >= 15 is 0 Å². The van der Waals surface area contributed by atoms with Gasteiger partial charge in [0.1, 0.15) is 5.82 Å². The second kappa shape index (κ2) is 7.70. The van der Waals surface area contributed by atoms with Crippen molar-refractivity contribution in [1.29, 1.82) is 0 Å². The number of hydrogen-bond acceptors (Lipinski definition) is 6. The van der Waals surface area contributed by atoms with Gasteiger partial charge in [0.2, 0.25) is 11.0 Å². The first-order valence-electron chi connectivity index (χ1n) is 7.71. The number of aromatic nitrogens is 2. The van der Waals surface area contributed by atoms with E-state index in [0.29, 0.717) is 6.54 Å². The molecule has 2 heterocycles. The first-order chi connectivity index (χ1) is 10.1. The van der Waals surface area contributed by atoms with E-state index in [1.165, 1.54) is 11.5 Å². The van der Waals surface area contributed by atoms with Crippen molar-refractivity contribution >= 4 is 22.6 Å². The molecule has 1 N–H and O–H groups in total. The Kier molecular flexibility index (Phi) is 5.93. The zero-order valence-corrected chi connectivity index (χ0v) is 13.9. The summed E-state index contributed by atoms with van der Waals surface area (Å²) in [7, 11) is 0. The Morgan fingerprint density at radius 2 is 2.05 bits per heavy atom. The number of carbonyl (C=O) groups is 1. The molecule has 118 valence electrons. The molecule has 1 unspecified atom stereocenters. The summed E-state index contributed by atoms with van der Waals surface area (Å²) in [5, 5.41) is 4.03. The first kappa shape index (κ1) is 16.2. The van der Waals surface area contributed by atoms with Crippen LogP contribution in [0, 0.1) is 0 Å². The van der Waals surface area contributed by atoms with Crippen molar-refractivity contribution in [2.45, 2.75) is 39.7 Å². The van der Waals surface area contributed by atoms with Crippen LogP contribution in [0.15, 0.2) is 0 Å². The molecule has 0 aromatic carbocycles. The van der Waals surface area contributed by atoms with Crippen molar-refractivity contribution in [3.05, 3.63) is 5.82 Å². The standard InChI is InChI=1S/C14H25N5OS/c1-4-11(3)15-13(20)10-18-6-8-19(9-7-18)14-16-12(5-2)17-21-14/h11H,4-10H2,1-3H3,(H,15,20). The molecular formula is C14H25N5OS. The van der Waals surface area contributed by atoms with Crippen LogP contribution in [0.4, 0.5) is 5.13 Å². The third-order valence-electron chi connectivity index (χ3n) is 3.80. The predicted octanol–water partition coefficient (Wildman–Crippen LogP) is 1.14. The highest BCUT2D eigenvalue weighted by Gasteiger charge is 2.21. The summed E-state index contributed by atoms with van der Waals surface area (Å²) in [6.45, 7) is 10.3. The van der Waals surface area contributed by atoms with Crippen molar-refractivity contribution in [3.63, 3.8) is 0 Å². The molecule has 1 fully saturated rings. The molecule has 1 atom stereocenters. The fourth-order valence-corrected chi connectivity index (χ4v) is 3.04. The SMILES string of the molecule is CCc1nsc(N2CCN(CC(=O)NC(C)CC)CC2)n1. The maximum atomic E-state index is 11.9. The normalized spacial score (nSPS) is 17.8. The summed E-state index contributed by atoms with van der Waals surface area (Å²) < 4.78 is 4.33. The van der Waals surface area contributed by atoms with Crippen molar-refractivity contribution in [2.24, 2.45) is 0 Å². The van der Waals surface area contributed by atoms with Gasteiger partial charge in [0.25, 0.3) is 0 Å². The van der Waals surface area contributed by atoms with E-state index in [2.05, 4.69) is 38.3 Å². The lowest BCUT2D eigenvalue weighted by atomic mass is 10.2. The third-order valence-corrected chi connectivity index (χ3v) is 4.62. The monoisotopic (exact) mass is 311 g/mol. The molecule has 1 amide bonds. The van der Waals surface area contributed by atoms with Crippen molar-refractivity contribution < 1.29 is 4.79 Å². The van der Waals surface area contributed by atoms with Gasteiger partial charge in [-0.3, -0.25) is 9.69 Å². The molecule has 0 spiro atoms. The Labute approximate surface area is 130 Å². The van der Waals surface area contributed by atoms with Crippen LogP contribution in [-0.4, -0.2) is 58.9 Å². The fraction of sp³-hybridized carbons (Fsp3) is 0.786. The van der Waals surface area contributed by atoms with Crippen LogP contribution in [-0.2, 0) is 11.2 Å². The number of rotatable bonds is 6. The molecule has 21 heavy (non-hydrogen) atoms. The van der Waals surface area contributed by atoms with Gasteiger partial charge in [-0.1, -0.05) is 13.8 Å². The smallest absolute Gasteiger partial charge is 0.234 e. The Bertz CT molecular complexity index is 456. The second-order valence-corrected chi connectivity index (χ2v) is 6.22. The van der Waals surface area contributed by atoms with Gasteiger partial charge in [-0.15, -0.1) is 0 Å². The van der Waals surface area contributed by atoms with Gasteiger partial charge in [-0.25, -0.2) is 4.98 Å². The van der Waals surface area contributed by atoms with Crippen LogP contribution in [0.5, 0.6) is 0 Å². The van der Waals surface area contributed by atoms with E-state index in [4.69, 9.17) is 0 Å². The Hall–Kier alpha value is -1.21. The minimum atomic E-state index is 0.127. The molecule has 0 radical (unpaired) electrons. The molecule has 1 aliphatic heterocycles. The third kappa shape index (κ3) is 4.64. The number of hydrogen-bond donors (Lipinski definition) is 1. The maximum absolute atomic E-state index is 11.9. The van der Waals surface area contributed by atoms with Crippen molar-refractivity contribution in [2.75, 3.05) is 37.6 Å². The highest BCUT2D eigenvalue weighted by molar-refractivity contribution is 7.09. The van der Waals surface area contributed by atoms with Crippen LogP contribution < -0.4 is 10.2 Å². The minimum absolute atomic E-state index is 0.127. The van der Waals surface area contributed by atoms with E-state index in [1.807, 2.05) is 6.92 Å². The highest BCUT2D eigenvalue weighted by atomic mass is 32.1. The number of nitrogens with zero attached hydrogens (tertiary/aromatic N) is 4. The summed E-state index contributed by atoms with van der Waals surface area (Å²) in [4.78, 5) is 20.9. The van der Waals surface area contributed by atoms with Gasteiger partial charge in [-0.05, 0) is 13.3 Å². The van der Waals surface area contributed by atoms with Gasteiger partial charge < -0.3 is 10.2 Å². The van der Waals surface area contributed by atoms with Gasteiger partial charge in [0, 0.05) is 50.2 Å². The van der Waals surface area contributed by atoms with Crippen LogP contribution in [0.3, 0.4) is 0 Å². The summed E-state index contributed by atoms with van der Waals surface area (Å²) in [5.74, 6) is 1.05. The molecule has 6 nitrogen and oxygen atoms in total. The van der Waals surface area contributed by atoms with Gasteiger partial charge in [0.05, 0.1) is 6.54 Å². The Balaban J connectivity index is 1.76. The molecule has 2 rings (SSSR count). The molecule has 1 saturated heterocycles. The summed E-state index contributed by atoms with van der Waals surface area (Å²) >= 11 is 1.47. The van der Waals surface area contributed by atoms with Crippen LogP contribution >= 0.6 is 11.5 Å². The molecular weight excluding hydrogens is 286 g/mol. The van der Waals surface area contributed by atoms with Gasteiger partial charge in [-0.2, -0.15) is 4.37 Å². The molecule has 1 aliphatic rings. The van der Waals surface area contributed by atoms with E-state index < -0.39 is 0 Å². The zero-order chi connectivity index (χ0) is 15.2. The fourth-order valence-electron chi connectivity index (χ4n) is 2.24. The summed E-state index contributed by atoms with van der Waals surface area (Å²) in [6.07, 6.45) is 1.85.